The van der Waals surface area contributed by atoms with E-state index in [9.17, 15) is 9.59 Å². The topological polar surface area (TPSA) is 58.6 Å². The lowest BCUT2D eigenvalue weighted by atomic mass is 9.90. The van der Waals surface area contributed by atoms with Gasteiger partial charge in [0.15, 0.2) is 6.61 Å². The summed E-state index contributed by atoms with van der Waals surface area (Å²) >= 11 is 0. The van der Waals surface area contributed by atoms with Crippen LogP contribution >= 0.6 is 0 Å². The van der Waals surface area contributed by atoms with Crippen molar-refractivity contribution in [3.63, 3.8) is 0 Å². The molecule has 0 aliphatic carbocycles. The van der Waals surface area contributed by atoms with Crippen LogP contribution in [0.4, 0.5) is 11.4 Å². The molecule has 0 saturated heterocycles. The Kier molecular flexibility index (Phi) is 5.80. The molecule has 3 aromatic rings. The van der Waals surface area contributed by atoms with Crippen molar-refractivity contribution in [3.05, 3.63) is 90.0 Å². The van der Waals surface area contributed by atoms with Gasteiger partial charge >= 0.3 is 0 Å². The number of hydrogen-bond donors (Lipinski definition) is 1. The number of rotatable bonds is 6. The molecule has 0 saturated carbocycles. The van der Waals surface area contributed by atoms with Gasteiger partial charge in [0.05, 0.1) is 11.6 Å². The maximum atomic E-state index is 13.3. The van der Waals surface area contributed by atoms with Crippen LogP contribution in [0.2, 0.25) is 0 Å². The Labute approximate surface area is 176 Å². The average molecular weight is 400 g/mol. The van der Waals surface area contributed by atoms with Crippen molar-refractivity contribution in [2.75, 3.05) is 23.4 Å². The van der Waals surface area contributed by atoms with E-state index in [-0.39, 0.29) is 18.4 Å². The Hall–Kier alpha value is -3.60. The minimum Gasteiger partial charge on any atom is -0.482 e. The van der Waals surface area contributed by atoms with Crippen LogP contribution in [0.5, 0.6) is 5.75 Å². The van der Waals surface area contributed by atoms with Crippen LogP contribution in [0.3, 0.4) is 0 Å². The summed E-state index contributed by atoms with van der Waals surface area (Å²) in [6.45, 7) is 2.68. The molecule has 0 unspecified atom stereocenters. The van der Waals surface area contributed by atoms with Gasteiger partial charge in [-0.15, -0.1) is 0 Å². The third-order valence-corrected chi connectivity index (χ3v) is 5.14. The van der Waals surface area contributed by atoms with E-state index in [0.29, 0.717) is 23.7 Å². The predicted molar refractivity (Wildman–Crippen MR) is 118 cm³/mol. The van der Waals surface area contributed by atoms with Crippen molar-refractivity contribution in [3.8, 4) is 5.75 Å². The van der Waals surface area contributed by atoms with Gasteiger partial charge in [0.1, 0.15) is 5.75 Å². The van der Waals surface area contributed by atoms with Crippen LogP contribution in [0, 0.1) is 0 Å². The second-order valence-corrected chi connectivity index (χ2v) is 7.26. The van der Waals surface area contributed by atoms with E-state index < -0.39 is 5.92 Å². The first-order chi connectivity index (χ1) is 14.7. The van der Waals surface area contributed by atoms with E-state index in [1.165, 1.54) is 0 Å². The molecule has 0 aromatic heterocycles. The third kappa shape index (κ3) is 4.06. The maximum Gasteiger partial charge on any atom is 0.265 e. The summed E-state index contributed by atoms with van der Waals surface area (Å²) in [6.07, 6.45) is 0.839. The number of nitrogens with zero attached hydrogens (tertiary/aromatic N) is 1. The van der Waals surface area contributed by atoms with Gasteiger partial charge < -0.3 is 15.0 Å². The highest BCUT2D eigenvalue weighted by molar-refractivity contribution is 6.01. The number of fused-ring (bicyclic) bond motifs is 1. The van der Waals surface area contributed by atoms with E-state index in [2.05, 4.69) is 5.32 Å². The fourth-order valence-electron chi connectivity index (χ4n) is 3.75. The largest absolute Gasteiger partial charge is 0.482 e. The second kappa shape index (κ2) is 8.82. The van der Waals surface area contributed by atoms with Gasteiger partial charge in [-0.25, -0.2) is 0 Å². The molecule has 0 radical (unpaired) electrons. The zero-order valence-electron chi connectivity index (χ0n) is 16.9. The SMILES string of the molecule is CCCN1C(=O)COc2ccc(NC(=O)C(c3ccccc3)c3ccccc3)cc21. The number of ether oxygens (including phenoxy) is 1. The van der Waals surface area contributed by atoms with Crippen molar-refractivity contribution < 1.29 is 14.3 Å². The number of nitrogens with one attached hydrogen (secondary N) is 1. The first-order valence-electron chi connectivity index (χ1n) is 10.2. The monoisotopic (exact) mass is 400 g/mol. The Morgan fingerprint density at radius 2 is 1.63 bits per heavy atom. The molecule has 30 heavy (non-hydrogen) atoms. The molecule has 2 amide bonds. The fraction of sp³-hybridized carbons (Fsp3) is 0.200. The molecule has 4 rings (SSSR count). The highest BCUT2D eigenvalue weighted by Gasteiger charge is 2.27. The van der Waals surface area contributed by atoms with Crippen molar-refractivity contribution in [1.82, 2.24) is 0 Å². The van der Waals surface area contributed by atoms with Gasteiger partial charge in [-0.05, 0) is 35.7 Å². The summed E-state index contributed by atoms with van der Waals surface area (Å²) in [4.78, 5) is 27.3. The highest BCUT2D eigenvalue weighted by Crippen LogP contribution is 2.35. The first-order valence-corrected chi connectivity index (χ1v) is 10.2. The summed E-state index contributed by atoms with van der Waals surface area (Å²) in [6, 6.07) is 24.9. The zero-order chi connectivity index (χ0) is 20.9. The third-order valence-electron chi connectivity index (χ3n) is 5.14. The normalized spacial score (nSPS) is 13.0. The van der Waals surface area contributed by atoms with Crippen LogP contribution in [-0.2, 0) is 9.59 Å². The lowest BCUT2D eigenvalue weighted by Crippen LogP contribution is -2.39. The standard InChI is InChI=1S/C25H24N2O3/c1-2-15-27-21-16-20(13-14-22(21)30-17-23(27)28)26-25(29)24(18-9-5-3-6-10-18)19-11-7-4-8-12-19/h3-14,16,24H,2,15,17H2,1H3,(H,26,29). The Balaban J connectivity index is 1.64. The molecule has 152 valence electrons. The van der Waals surface area contributed by atoms with Gasteiger partial charge in [-0.3, -0.25) is 9.59 Å². The number of carbonyl (C=O) groups is 2. The van der Waals surface area contributed by atoms with Crippen LogP contribution < -0.4 is 15.0 Å². The molecule has 3 aromatic carbocycles. The molecule has 1 heterocycles. The lowest BCUT2D eigenvalue weighted by Gasteiger charge is -2.29. The van der Waals surface area contributed by atoms with Gasteiger partial charge in [-0.1, -0.05) is 67.6 Å². The molecular weight excluding hydrogens is 376 g/mol. The summed E-state index contributed by atoms with van der Waals surface area (Å²) in [7, 11) is 0. The average Bonchev–Trinajstić information content (AvgIpc) is 2.77. The minimum absolute atomic E-state index is 0.0444. The Morgan fingerprint density at radius 1 is 1.00 bits per heavy atom. The lowest BCUT2D eigenvalue weighted by molar-refractivity contribution is -0.121. The molecule has 1 aliphatic rings. The van der Waals surface area contributed by atoms with Crippen LogP contribution in [0.15, 0.2) is 78.9 Å². The Bertz CT molecular complexity index is 995. The van der Waals surface area contributed by atoms with Crippen LogP contribution in [0.1, 0.15) is 30.4 Å². The summed E-state index contributed by atoms with van der Waals surface area (Å²) in [5, 5.41) is 3.03. The second-order valence-electron chi connectivity index (χ2n) is 7.26. The molecule has 5 nitrogen and oxygen atoms in total. The molecule has 0 spiro atoms. The van der Waals surface area contributed by atoms with E-state index in [0.717, 1.165) is 17.5 Å². The predicted octanol–water partition coefficient (Wildman–Crippen LogP) is 4.59. The molecular formula is C25H24N2O3. The zero-order valence-corrected chi connectivity index (χ0v) is 16.9. The Morgan fingerprint density at radius 3 is 2.23 bits per heavy atom. The van der Waals surface area contributed by atoms with Gasteiger partial charge in [0, 0.05) is 12.2 Å². The van der Waals surface area contributed by atoms with Crippen LogP contribution in [0.25, 0.3) is 0 Å². The highest BCUT2D eigenvalue weighted by atomic mass is 16.5. The number of carbonyl (C=O) groups excluding carboxylic acids is 2. The molecule has 1 N–H and O–H groups in total. The van der Waals surface area contributed by atoms with Gasteiger partial charge in [0.2, 0.25) is 5.91 Å². The molecule has 0 atom stereocenters. The minimum atomic E-state index is -0.437. The smallest absolute Gasteiger partial charge is 0.265 e. The van der Waals surface area contributed by atoms with Crippen molar-refractivity contribution in [2.45, 2.75) is 19.3 Å². The van der Waals surface area contributed by atoms with E-state index in [4.69, 9.17) is 4.74 Å². The quantitative estimate of drug-likeness (QED) is 0.658. The van der Waals surface area contributed by atoms with Gasteiger partial charge in [-0.2, -0.15) is 0 Å². The van der Waals surface area contributed by atoms with Crippen molar-refractivity contribution >= 4 is 23.2 Å². The molecule has 0 fully saturated rings. The van der Waals surface area contributed by atoms with Crippen molar-refractivity contribution in [2.24, 2.45) is 0 Å². The summed E-state index contributed by atoms with van der Waals surface area (Å²) < 4.78 is 5.55. The molecule has 1 aliphatic heterocycles. The van der Waals surface area contributed by atoms with E-state index in [1.807, 2.05) is 79.7 Å². The maximum absolute atomic E-state index is 13.3. The number of hydrogen-bond acceptors (Lipinski definition) is 3. The number of amides is 2. The van der Waals surface area contributed by atoms with Crippen molar-refractivity contribution in [1.29, 1.82) is 0 Å². The molecule has 5 heteroatoms. The fourth-order valence-corrected chi connectivity index (χ4v) is 3.75. The van der Waals surface area contributed by atoms with Gasteiger partial charge in [0.25, 0.3) is 5.91 Å². The number of benzene rings is 3. The molecule has 0 bridgehead atoms. The first kappa shape index (κ1) is 19.7. The van der Waals surface area contributed by atoms with Crippen LogP contribution in [-0.4, -0.2) is 25.0 Å². The summed E-state index contributed by atoms with van der Waals surface area (Å²) in [5.74, 6) is 0.0218. The summed E-state index contributed by atoms with van der Waals surface area (Å²) in [5.41, 5.74) is 3.17. The van der Waals surface area contributed by atoms with E-state index >= 15 is 0 Å². The van der Waals surface area contributed by atoms with E-state index in [1.54, 1.807) is 11.0 Å². The number of anilines is 2.